The van der Waals surface area contributed by atoms with E-state index in [0.29, 0.717) is 28.7 Å². The molecule has 0 N–H and O–H groups in total. The van der Waals surface area contributed by atoms with E-state index in [1.54, 1.807) is 24.3 Å². The summed E-state index contributed by atoms with van der Waals surface area (Å²) in [5, 5.41) is 0.938. The normalized spacial score (nSPS) is 20.4. The van der Waals surface area contributed by atoms with Gasteiger partial charge in [-0.25, -0.2) is 4.98 Å². The van der Waals surface area contributed by atoms with E-state index in [4.69, 9.17) is 11.6 Å². The monoisotopic (exact) mass is 451 g/mol. The minimum atomic E-state index is -0.408. The van der Waals surface area contributed by atoms with Crippen LogP contribution < -0.4 is 4.90 Å². The van der Waals surface area contributed by atoms with Crippen LogP contribution in [0.25, 0.3) is 10.2 Å². The quantitative estimate of drug-likeness (QED) is 0.430. The van der Waals surface area contributed by atoms with Crippen LogP contribution >= 0.6 is 22.9 Å². The van der Waals surface area contributed by atoms with Crippen LogP contribution in [0.2, 0.25) is 5.02 Å². The number of para-hydroxylation sites is 1. The summed E-state index contributed by atoms with van der Waals surface area (Å²) in [6, 6.07) is 14.5. The third-order valence-electron chi connectivity index (χ3n) is 5.68. The molecule has 31 heavy (non-hydrogen) atoms. The fourth-order valence-corrected chi connectivity index (χ4v) is 5.35. The predicted octanol–water partition coefficient (Wildman–Crippen LogP) is 4.57. The zero-order valence-corrected chi connectivity index (χ0v) is 18.0. The topological polar surface area (TPSA) is 70.6 Å². The van der Waals surface area contributed by atoms with Gasteiger partial charge in [0.05, 0.1) is 27.7 Å². The summed E-state index contributed by atoms with van der Waals surface area (Å²) in [5.41, 5.74) is 1.31. The summed E-state index contributed by atoms with van der Waals surface area (Å²) < 4.78 is 0.933. The molecule has 1 aromatic heterocycles. The van der Waals surface area contributed by atoms with Gasteiger partial charge in [-0.2, -0.15) is 0 Å². The summed E-state index contributed by atoms with van der Waals surface area (Å²) in [5.74, 6) is -1.69. The molecule has 2 atom stereocenters. The smallest absolute Gasteiger partial charge is 0.253 e. The second kappa shape index (κ2) is 7.90. The number of allylic oxidation sites excluding steroid dienone is 2. The molecule has 0 saturated carbocycles. The maximum atomic E-state index is 13.5. The highest BCUT2D eigenvalue weighted by Gasteiger charge is 2.48. The third kappa shape index (κ3) is 3.54. The first kappa shape index (κ1) is 19.9. The van der Waals surface area contributed by atoms with Crippen LogP contribution in [0, 0.1) is 11.8 Å². The van der Waals surface area contributed by atoms with Crippen LogP contribution in [0.3, 0.4) is 0 Å². The summed E-state index contributed by atoms with van der Waals surface area (Å²) in [6.07, 6.45) is 4.93. The Labute approximate surface area is 187 Å². The standard InChI is InChI=1S/C23H18ClN3O3S/c24-14-6-5-7-15(12-14)27(23-25-18-10-3-4-11-19(18)31-23)20(28)13-26-21(29)16-8-1-2-9-17(16)22(26)30/h1-7,10-12,16-17H,8-9,13H2/t16-,17+. The van der Waals surface area contributed by atoms with E-state index in [-0.39, 0.29) is 30.2 Å². The molecule has 1 aliphatic carbocycles. The van der Waals surface area contributed by atoms with Gasteiger partial charge in [0, 0.05) is 5.02 Å². The number of likely N-dealkylation sites (tertiary alicyclic amines) is 1. The molecule has 5 rings (SSSR count). The minimum Gasteiger partial charge on any atom is -0.274 e. The van der Waals surface area contributed by atoms with Gasteiger partial charge in [0.25, 0.3) is 5.91 Å². The Morgan fingerprint density at radius 3 is 2.45 bits per heavy atom. The number of thiazole rings is 1. The zero-order chi connectivity index (χ0) is 21.5. The Morgan fingerprint density at radius 2 is 1.77 bits per heavy atom. The largest absolute Gasteiger partial charge is 0.274 e. The van der Waals surface area contributed by atoms with E-state index in [0.717, 1.165) is 15.1 Å². The van der Waals surface area contributed by atoms with Crippen molar-refractivity contribution in [1.82, 2.24) is 9.88 Å². The third-order valence-corrected chi connectivity index (χ3v) is 6.94. The number of hydrogen-bond donors (Lipinski definition) is 0. The van der Waals surface area contributed by atoms with Crippen molar-refractivity contribution in [2.24, 2.45) is 11.8 Å². The molecule has 1 fully saturated rings. The summed E-state index contributed by atoms with van der Waals surface area (Å²) in [4.78, 5) is 46.3. The SMILES string of the molecule is O=C1[C@H]2CC=CC[C@H]2C(=O)N1CC(=O)N(c1cccc(Cl)c1)c1nc2ccccc2s1. The average molecular weight is 452 g/mol. The minimum absolute atomic E-state index is 0.275. The molecule has 2 aromatic carbocycles. The Kier molecular flexibility index (Phi) is 5.08. The van der Waals surface area contributed by atoms with Gasteiger partial charge in [-0.1, -0.05) is 53.3 Å². The lowest BCUT2D eigenvalue weighted by atomic mass is 9.85. The molecular weight excluding hydrogens is 434 g/mol. The first-order valence-electron chi connectivity index (χ1n) is 9.97. The van der Waals surface area contributed by atoms with E-state index in [9.17, 15) is 14.4 Å². The van der Waals surface area contributed by atoms with E-state index in [2.05, 4.69) is 4.98 Å². The van der Waals surface area contributed by atoms with Crippen molar-refractivity contribution in [2.45, 2.75) is 12.8 Å². The van der Waals surface area contributed by atoms with Crippen molar-refractivity contribution in [3.05, 3.63) is 65.7 Å². The maximum Gasteiger partial charge on any atom is 0.253 e. The van der Waals surface area contributed by atoms with E-state index in [1.807, 2.05) is 36.4 Å². The highest BCUT2D eigenvalue weighted by molar-refractivity contribution is 7.22. The van der Waals surface area contributed by atoms with Gasteiger partial charge in [-0.3, -0.25) is 24.2 Å². The fraction of sp³-hybridized carbons (Fsp3) is 0.217. The molecule has 3 amide bonds. The molecule has 0 unspecified atom stereocenters. The molecule has 0 spiro atoms. The predicted molar refractivity (Wildman–Crippen MR) is 120 cm³/mol. The number of hydrogen-bond acceptors (Lipinski definition) is 5. The number of nitrogens with zero attached hydrogens (tertiary/aromatic N) is 3. The highest BCUT2D eigenvalue weighted by atomic mass is 35.5. The lowest BCUT2D eigenvalue weighted by molar-refractivity contribution is -0.143. The zero-order valence-electron chi connectivity index (χ0n) is 16.4. The molecule has 8 heteroatoms. The van der Waals surface area contributed by atoms with Crippen LogP contribution in [-0.2, 0) is 14.4 Å². The molecule has 0 bridgehead atoms. The number of rotatable bonds is 4. The fourth-order valence-electron chi connectivity index (χ4n) is 4.16. The van der Waals surface area contributed by atoms with Gasteiger partial charge in [0.2, 0.25) is 11.8 Å². The number of imide groups is 1. The molecular formula is C23H18ClN3O3S. The lowest BCUT2D eigenvalue weighted by Crippen LogP contribution is -2.41. The summed E-state index contributed by atoms with van der Waals surface area (Å²) in [7, 11) is 0. The Balaban J connectivity index is 1.50. The molecule has 0 radical (unpaired) electrons. The van der Waals surface area contributed by atoms with Crippen LogP contribution in [0.4, 0.5) is 10.8 Å². The molecule has 1 saturated heterocycles. The lowest BCUT2D eigenvalue weighted by Gasteiger charge is -2.23. The number of carbonyl (C=O) groups is 3. The highest BCUT2D eigenvalue weighted by Crippen LogP contribution is 2.37. The number of carbonyl (C=O) groups excluding carboxylic acids is 3. The second-order valence-electron chi connectivity index (χ2n) is 7.59. The maximum absolute atomic E-state index is 13.5. The van der Waals surface area contributed by atoms with E-state index < -0.39 is 5.91 Å². The second-order valence-corrected chi connectivity index (χ2v) is 9.04. The van der Waals surface area contributed by atoms with Crippen molar-refractivity contribution in [2.75, 3.05) is 11.4 Å². The Bertz CT molecular complexity index is 1180. The molecule has 1 aliphatic heterocycles. The van der Waals surface area contributed by atoms with Gasteiger partial charge in [-0.05, 0) is 43.2 Å². The molecule has 6 nitrogen and oxygen atoms in total. The molecule has 156 valence electrons. The van der Waals surface area contributed by atoms with Gasteiger partial charge in [-0.15, -0.1) is 0 Å². The Hall–Kier alpha value is -3.03. The molecule has 2 aliphatic rings. The average Bonchev–Trinajstić information content (AvgIpc) is 3.29. The van der Waals surface area contributed by atoms with Gasteiger partial charge < -0.3 is 0 Å². The van der Waals surface area contributed by atoms with Crippen LogP contribution in [0.15, 0.2) is 60.7 Å². The first-order chi connectivity index (χ1) is 15.0. The number of fused-ring (bicyclic) bond motifs is 2. The van der Waals surface area contributed by atoms with Gasteiger partial charge in [0.1, 0.15) is 6.54 Å². The number of anilines is 2. The number of halogens is 1. The number of amides is 3. The van der Waals surface area contributed by atoms with Crippen LogP contribution in [0.5, 0.6) is 0 Å². The molecule has 3 aromatic rings. The molecule has 2 heterocycles. The van der Waals surface area contributed by atoms with Crippen molar-refractivity contribution in [3.63, 3.8) is 0 Å². The number of aromatic nitrogens is 1. The Morgan fingerprint density at radius 1 is 1.06 bits per heavy atom. The first-order valence-corrected chi connectivity index (χ1v) is 11.2. The van der Waals surface area contributed by atoms with Crippen molar-refractivity contribution in [1.29, 1.82) is 0 Å². The summed E-state index contributed by atoms with van der Waals surface area (Å²) in [6.45, 7) is -0.326. The summed E-state index contributed by atoms with van der Waals surface area (Å²) >= 11 is 7.55. The van der Waals surface area contributed by atoms with Crippen molar-refractivity contribution < 1.29 is 14.4 Å². The van der Waals surface area contributed by atoms with E-state index >= 15 is 0 Å². The van der Waals surface area contributed by atoms with Gasteiger partial charge >= 0.3 is 0 Å². The van der Waals surface area contributed by atoms with Crippen molar-refractivity contribution >= 4 is 61.7 Å². The van der Waals surface area contributed by atoms with Crippen LogP contribution in [0.1, 0.15) is 12.8 Å². The van der Waals surface area contributed by atoms with Crippen LogP contribution in [-0.4, -0.2) is 34.2 Å². The number of benzene rings is 2. The van der Waals surface area contributed by atoms with Gasteiger partial charge in [0.15, 0.2) is 5.13 Å². The van der Waals surface area contributed by atoms with E-state index in [1.165, 1.54) is 16.2 Å². The van der Waals surface area contributed by atoms with Crippen molar-refractivity contribution in [3.8, 4) is 0 Å².